The first-order valence-electron chi connectivity index (χ1n) is 12.3. The van der Waals surface area contributed by atoms with Gasteiger partial charge in [-0.05, 0) is 44.0 Å². The molecular formula is C25H42N6O. The number of carbonyl (C=O) groups is 1. The van der Waals surface area contributed by atoms with E-state index in [1.807, 2.05) is 11.9 Å². The van der Waals surface area contributed by atoms with Gasteiger partial charge >= 0.3 is 0 Å². The Morgan fingerprint density at radius 1 is 0.969 bits per heavy atom. The van der Waals surface area contributed by atoms with Crippen molar-refractivity contribution in [2.45, 2.75) is 52.7 Å². The number of piperazine rings is 1. The third-order valence-corrected chi connectivity index (χ3v) is 6.92. The van der Waals surface area contributed by atoms with Gasteiger partial charge in [-0.2, -0.15) is 0 Å². The Balaban J connectivity index is 1.45. The first-order chi connectivity index (χ1) is 15.5. The van der Waals surface area contributed by atoms with Gasteiger partial charge in [0.05, 0.1) is 6.04 Å². The Labute approximate surface area is 194 Å². The molecule has 2 aliphatic heterocycles. The van der Waals surface area contributed by atoms with Gasteiger partial charge < -0.3 is 15.1 Å². The Morgan fingerprint density at radius 3 is 2.12 bits per heavy atom. The fourth-order valence-electron chi connectivity index (χ4n) is 4.66. The molecule has 0 aromatic heterocycles. The van der Waals surface area contributed by atoms with Gasteiger partial charge in [-0.3, -0.25) is 19.6 Å². The number of hydrogen-bond acceptors (Lipinski definition) is 4. The maximum atomic E-state index is 12.7. The van der Waals surface area contributed by atoms with E-state index in [0.29, 0.717) is 5.91 Å². The average molecular weight is 443 g/mol. The van der Waals surface area contributed by atoms with Crippen LogP contribution in [0, 0.1) is 0 Å². The quantitative estimate of drug-likeness (QED) is 0.494. The average Bonchev–Trinajstić information content (AvgIpc) is 3.38. The molecule has 1 amide bonds. The first-order valence-corrected chi connectivity index (χ1v) is 12.3. The number of nitrogens with one attached hydrogen (secondary N) is 1. The number of benzene rings is 1. The van der Waals surface area contributed by atoms with Crippen molar-refractivity contribution in [3.8, 4) is 0 Å². The molecule has 2 aliphatic rings. The van der Waals surface area contributed by atoms with Crippen molar-refractivity contribution < 1.29 is 4.79 Å². The van der Waals surface area contributed by atoms with Gasteiger partial charge in [0.15, 0.2) is 5.96 Å². The van der Waals surface area contributed by atoms with Crippen LogP contribution in [0.5, 0.6) is 0 Å². The molecule has 7 nitrogen and oxygen atoms in total. The summed E-state index contributed by atoms with van der Waals surface area (Å²) in [7, 11) is 1.85. The molecule has 1 aromatic carbocycles. The Bertz CT molecular complexity index is 731. The molecular weight excluding hydrogens is 400 g/mol. The monoisotopic (exact) mass is 442 g/mol. The molecule has 0 bridgehead atoms. The fraction of sp³-hybridized carbons (Fsp3) is 0.680. The molecule has 2 fully saturated rings. The smallest absolute Gasteiger partial charge is 0.239 e. The van der Waals surface area contributed by atoms with Crippen LogP contribution in [0.15, 0.2) is 29.3 Å². The van der Waals surface area contributed by atoms with Crippen molar-refractivity contribution in [1.82, 2.24) is 24.9 Å². The molecule has 178 valence electrons. The van der Waals surface area contributed by atoms with Crippen molar-refractivity contribution in [2.75, 3.05) is 59.4 Å². The maximum absolute atomic E-state index is 12.7. The van der Waals surface area contributed by atoms with Gasteiger partial charge in [0.25, 0.3) is 0 Å². The minimum atomic E-state index is -0.0277. The Hall–Kier alpha value is -2.12. The minimum Gasteiger partial charge on any atom is -0.352 e. The lowest BCUT2D eigenvalue weighted by Crippen LogP contribution is -2.57. The van der Waals surface area contributed by atoms with Crippen LogP contribution in [0.2, 0.25) is 0 Å². The lowest BCUT2D eigenvalue weighted by Gasteiger charge is -2.39. The van der Waals surface area contributed by atoms with E-state index in [1.165, 1.54) is 11.1 Å². The molecule has 0 saturated carbocycles. The summed E-state index contributed by atoms with van der Waals surface area (Å²) in [6.45, 7) is 15.8. The van der Waals surface area contributed by atoms with Gasteiger partial charge in [0.1, 0.15) is 0 Å². The molecule has 2 saturated heterocycles. The molecule has 7 heteroatoms. The number of amides is 1. The lowest BCUT2D eigenvalue weighted by atomic mass is 10.1. The van der Waals surface area contributed by atoms with Crippen LogP contribution in [0.1, 0.15) is 44.7 Å². The van der Waals surface area contributed by atoms with E-state index in [1.54, 1.807) is 0 Å². The second-order valence-electron chi connectivity index (χ2n) is 8.91. The second kappa shape index (κ2) is 12.2. The molecule has 3 rings (SSSR count). The van der Waals surface area contributed by atoms with Crippen LogP contribution >= 0.6 is 0 Å². The van der Waals surface area contributed by atoms with E-state index in [0.717, 1.165) is 84.2 Å². The zero-order valence-corrected chi connectivity index (χ0v) is 20.5. The van der Waals surface area contributed by atoms with E-state index in [4.69, 9.17) is 0 Å². The van der Waals surface area contributed by atoms with Crippen molar-refractivity contribution in [3.05, 3.63) is 35.4 Å². The van der Waals surface area contributed by atoms with E-state index in [-0.39, 0.29) is 6.04 Å². The van der Waals surface area contributed by atoms with Crippen molar-refractivity contribution in [2.24, 2.45) is 4.99 Å². The van der Waals surface area contributed by atoms with Gasteiger partial charge in [-0.25, -0.2) is 0 Å². The summed E-state index contributed by atoms with van der Waals surface area (Å²) in [5.41, 5.74) is 2.62. The molecule has 0 radical (unpaired) electrons. The van der Waals surface area contributed by atoms with Crippen molar-refractivity contribution in [3.63, 3.8) is 0 Å². The number of hydrogen-bond donors (Lipinski definition) is 1. The molecule has 0 spiro atoms. The van der Waals surface area contributed by atoms with Crippen LogP contribution in [0.4, 0.5) is 0 Å². The molecule has 1 N–H and O–H groups in total. The van der Waals surface area contributed by atoms with Crippen molar-refractivity contribution >= 4 is 11.9 Å². The number of aliphatic imine (C=N–C) groups is 1. The first kappa shape index (κ1) is 24.5. The molecule has 2 heterocycles. The van der Waals surface area contributed by atoms with Crippen LogP contribution in [0.3, 0.4) is 0 Å². The number of guanidine groups is 1. The molecule has 32 heavy (non-hydrogen) atoms. The standard InChI is InChI=1S/C25H42N6O/c1-5-28(6-2)20-23-11-9-22(10-12-23)19-27-25(26-4)31-17-15-29(16-18-31)21(3)24(32)30-13-7-8-14-30/h9-12,21H,5-8,13-20H2,1-4H3,(H,26,27). The van der Waals surface area contributed by atoms with Gasteiger partial charge in [0, 0.05) is 59.4 Å². The summed E-state index contributed by atoms with van der Waals surface area (Å²) in [5, 5.41) is 3.52. The molecule has 1 unspecified atom stereocenters. The van der Waals surface area contributed by atoms with Crippen LogP contribution in [0.25, 0.3) is 0 Å². The predicted octanol–water partition coefficient (Wildman–Crippen LogP) is 2.23. The zero-order chi connectivity index (χ0) is 22.9. The third-order valence-electron chi connectivity index (χ3n) is 6.92. The summed E-state index contributed by atoms with van der Waals surface area (Å²) < 4.78 is 0. The van der Waals surface area contributed by atoms with Crippen LogP contribution in [-0.4, -0.2) is 96.9 Å². The number of carbonyl (C=O) groups excluding carboxylic acids is 1. The highest BCUT2D eigenvalue weighted by atomic mass is 16.2. The Kier molecular flexibility index (Phi) is 9.36. The van der Waals surface area contributed by atoms with E-state index in [2.05, 4.69) is 70.0 Å². The number of nitrogens with zero attached hydrogens (tertiary/aromatic N) is 5. The molecule has 1 atom stereocenters. The third kappa shape index (κ3) is 6.45. The second-order valence-corrected chi connectivity index (χ2v) is 8.91. The van der Waals surface area contributed by atoms with Crippen LogP contribution in [-0.2, 0) is 17.9 Å². The van der Waals surface area contributed by atoms with E-state index in [9.17, 15) is 4.79 Å². The Morgan fingerprint density at radius 2 is 1.56 bits per heavy atom. The summed E-state index contributed by atoms with van der Waals surface area (Å²) in [6, 6.07) is 8.86. The summed E-state index contributed by atoms with van der Waals surface area (Å²) in [5.74, 6) is 1.23. The highest BCUT2D eigenvalue weighted by Gasteiger charge is 2.30. The molecule has 0 aliphatic carbocycles. The van der Waals surface area contributed by atoms with Crippen LogP contribution < -0.4 is 5.32 Å². The highest BCUT2D eigenvalue weighted by molar-refractivity contribution is 5.82. The van der Waals surface area contributed by atoms with Gasteiger partial charge in [-0.15, -0.1) is 0 Å². The van der Waals surface area contributed by atoms with Gasteiger partial charge in [-0.1, -0.05) is 38.1 Å². The largest absolute Gasteiger partial charge is 0.352 e. The normalized spacial score (nSPS) is 19.0. The zero-order valence-electron chi connectivity index (χ0n) is 20.5. The topological polar surface area (TPSA) is 54.4 Å². The molecule has 1 aromatic rings. The number of rotatable bonds is 8. The maximum Gasteiger partial charge on any atom is 0.239 e. The predicted molar refractivity (Wildman–Crippen MR) is 132 cm³/mol. The van der Waals surface area contributed by atoms with Gasteiger partial charge in [0.2, 0.25) is 5.91 Å². The van der Waals surface area contributed by atoms with Crippen molar-refractivity contribution in [1.29, 1.82) is 0 Å². The number of likely N-dealkylation sites (tertiary alicyclic amines) is 1. The highest BCUT2D eigenvalue weighted by Crippen LogP contribution is 2.14. The summed E-state index contributed by atoms with van der Waals surface area (Å²) >= 11 is 0. The van der Waals surface area contributed by atoms with E-state index >= 15 is 0 Å². The lowest BCUT2D eigenvalue weighted by molar-refractivity contribution is -0.135. The van der Waals surface area contributed by atoms with E-state index < -0.39 is 0 Å². The summed E-state index contributed by atoms with van der Waals surface area (Å²) in [6.07, 6.45) is 2.29. The summed E-state index contributed by atoms with van der Waals surface area (Å²) in [4.78, 5) is 26.3. The SMILES string of the molecule is CCN(CC)Cc1ccc(CNC(=NC)N2CCN(C(C)C(=O)N3CCCC3)CC2)cc1. The minimum absolute atomic E-state index is 0.0277. The fourth-order valence-corrected chi connectivity index (χ4v) is 4.66.